The minimum absolute atomic E-state index is 0.585. The number of hydrogen-bond donors (Lipinski definition) is 0. The van der Waals surface area contributed by atoms with Gasteiger partial charge in [0.15, 0.2) is 23.1 Å². The molecule has 7 heteroatoms. The average molecular weight is 973 g/mol. The minimum Gasteiger partial charge on any atom is -0.453 e. The van der Waals surface area contributed by atoms with E-state index in [1.165, 1.54) is 43.4 Å². The van der Waals surface area contributed by atoms with Gasteiger partial charge in [-0.15, -0.1) is 0 Å². The third-order valence-electron chi connectivity index (χ3n) is 15.6. The van der Waals surface area contributed by atoms with Crippen molar-refractivity contribution in [2.75, 3.05) is 0 Å². The highest BCUT2D eigenvalue weighted by atomic mass is 16.3. The lowest BCUT2D eigenvalue weighted by molar-refractivity contribution is 0.667. The second kappa shape index (κ2) is 16.7. The zero-order valence-electron chi connectivity index (χ0n) is 41.1. The molecule has 0 atom stereocenters. The van der Waals surface area contributed by atoms with E-state index in [2.05, 4.69) is 226 Å². The van der Waals surface area contributed by atoms with Gasteiger partial charge in [-0.1, -0.05) is 158 Å². The normalized spacial score (nSPS) is 12.9. The van der Waals surface area contributed by atoms with Crippen molar-refractivity contribution >= 4 is 92.9 Å². The number of benzene rings is 10. The van der Waals surface area contributed by atoms with E-state index < -0.39 is 0 Å². The van der Waals surface area contributed by atoms with Crippen LogP contribution in [0.5, 0.6) is 0 Å². The first-order valence-electron chi connectivity index (χ1n) is 26.0. The van der Waals surface area contributed by atoms with Crippen molar-refractivity contribution in [2.45, 2.75) is 12.8 Å². The number of para-hydroxylation sites is 6. The molecule has 7 nitrogen and oxygen atoms in total. The molecule has 0 saturated carbocycles. The first kappa shape index (κ1) is 42.4. The summed E-state index contributed by atoms with van der Waals surface area (Å²) in [5.41, 5.74) is 16.9. The predicted octanol–water partition coefficient (Wildman–Crippen LogP) is 17.8. The van der Waals surface area contributed by atoms with E-state index in [-0.39, 0.29) is 0 Å². The topological polar surface area (TPSA) is 66.6 Å². The van der Waals surface area contributed by atoms with Gasteiger partial charge in [0.1, 0.15) is 5.58 Å². The summed E-state index contributed by atoms with van der Waals surface area (Å²) >= 11 is 0. The van der Waals surface area contributed by atoms with Gasteiger partial charge in [-0.2, -0.15) is 0 Å². The van der Waals surface area contributed by atoms with E-state index in [1.54, 1.807) is 0 Å². The van der Waals surface area contributed by atoms with Crippen LogP contribution in [0, 0.1) is 0 Å². The molecule has 0 spiro atoms. The lowest BCUT2D eigenvalue weighted by Crippen LogP contribution is -2.03. The number of nitrogens with zero attached hydrogens (tertiary/aromatic N) is 6. The molecule has 1 aliphatic carbocycles. The van der Waals surface area contributed by atoms with Crippen molar-refractivity contribution < 1.29 is 4.42 Å². The van der Waals surface area contributed by atoms with Gasteiger partial charge in [0.05, 0.1) is 44.4 Å². The molecule has 16 rings (SSSR count). The van der Waals surface area contributed by atoms with Crippen molar-refractivity contribution in [3.05, 3.63) is 249 Å². The van der Waals surface area contributed by atoms with E-state index in [4.69, 9.17) is 19.4 Å². The Morgan fingerprint density at radius 1 is 0.342 bits per heavy atom. The van der Waals surface area contributed by atoms with Crippen LogP contribution < -0.4 is 0 Å². The number of furan rings is 1. The van der Waals surface area contributed by atoms with Crippen molar-refractivity contribution in [2.24, 2.45) is 0 Å². The number of aromatic nitrogens is 6. The Hall–Kier alpha value is -10.1. The van der Waals surface area contributed by atoms with Gasteiger partial charge in [-0.3, -0.25) is 0 Å². The molecule has 0 amide bonds. The van der Waals surface area contributed by atoms with Gasteiger partial charge in [0.25, 0.3) is 0 Å². The fraction of sp³-hybridized carbons (Fsp3) is 0.0290. The van der Waals surface area contributed by atoms with E-state index in [0.29, 0.717) is 17.5 Å². The minimum atomic E-state index is 0.585. The summed E-state index contributed by atoms with van der Waals surface area (Å²) in [7, 11) is 0. The summed E-state index contributed by atoms with van der Waals surface area (Å²) in [6.07, 6.45) is 8.21. The third kappa shape index (κ3) is 6.45. The SMILES string of the molecule is C1=CCCC(c2nc(-c3ccccc3)nc(-c3cccc4c3oc3c(-n5c6ccccc6c6cc(-c7ccc8c(c7)c7cc(-n9c%10ccccc%10c%10ccccc%109)ccc7n8-c7ccccc7)ccc65)cccc34)n2)=C1. The maximum Gasteiger partial charge on any atom is 0.167 e. The van der Waals surface area contributed by atoms with Gasteiger partial charge >= 0.3 is 0 Å². The Morgan fingerprint density at radius 3 is 1.55 bits per heavy atom. The zero-order chi connectivity index (χ0) is 49.8. The molecule has 1 aliphatic rings. The first-order chi connectivity index (χ1) is 37.7. The fourth-order valence-electron chi connectivity index (χ4n) is 12.1. The molecule has 0 radical (unpaired) electrons. The molecule has 0 unspecified atom stereocenters. The zero-order valence-corrected chi connectivity index (χ0v) is 41.1. The summed E-state index contributed by atoms with van der Waals surface area (Å²) < 4.78 is 14.3. The van der Waals surface area contributed by atoms with Crippen LogP contribution in [0.1, 0.15) is 18.7 Å². The molecule has 0 saturated heterocycles. The molecule has 0 fully saturated rings. The molecule has 5 heterocycles. The van der Waals surface area contributed by atoms with E-state index in [1.807, 2.05) is 30.3 Å². The molecule has 15 aromatic rings. The Kier molecular flexibility index (Phi) is 9.32. The van der Waals surface area contributed by atoms with Gasteiger partial charge in [0.2, 0.25) is 0 Å². The van der Waals surface area contributed by atoms with Crippen molar-refractivity contribution in [1.29, 1.82) is 0 Å². The number of rotatable bonds is 7. The standard InChI is InChI=1S/C69H44N6O/c1-4-18-43(19-5-1)67-70-68(44-20-6-2-7-21-44)72-69(71-67)54-29-16-27-52-53-28-17-33-64(66(53)76-65(52)54)75-60-32-15-12-26-51(60)55-40-45(35-38-63(55)75)46-34-37-61-56(41-46)57-42-48(36-39-62(57)73(61)47-22-8-3-9-23-47)74-58-30-13-10-24-49(58)50-25-11-14-31-59(50)74/h1-6,8-20,22-42H,7,21H2. The highest BCUT2D eigenvalue weighted by Gasteiger charge is 2.23. The van der Waals surface area contributed by atoms with Gasteiger partial charge in [-0.25, -0.2) is 15.0 Å². The van der Waals surface area contributed by atoms with Gasteiger partial charge in [-0.05, 0) is 114 Å². The Balaban J connectivity index is 0.858. The molecule has 0 bridgehead atoms. The Bertz CT molecular complexity index is 4880. The first-order valence-corrected chi connectivity index (χ1v) is 26.0. The molecule has 0 N–H and O–H groups in total. The molecule has 5 aromatic heterocycles. The van der Waals surface area contributed by atoms with Crippen LogP contribution in [-0.2, 0) is 0 Å². The number of hydrogen-bond acceptors (Lipinski definition) is 4. The molecular formula is C69H44N6O. The fourth-order valence-corrected chi connectivity index (χ4v) is 12.1. The van der Waals surface area contributed by atoms with Crippen LogP contribution in [0.3, 0.4) is 0 Å². The summed E-state index contributed by atoms with van der Waals surface area (Å²) in [5, 5.41) is 9.27. The molecular weight excluding hydrogens is 929 g/mol. The third-order valence-corrected chi connectivity index (χ3v) is 15.6. The van der Waals surface area contributed by atoms with Crippen molar-refractivity contribution in [3.63, 3.8) is 0 Å². The second-order valence-electron chi connectivity index (χ2n) is 19.8. The number of fused-ring (bicyclic) bond motifs is 12. The van der Waals surface area contributed by atoms with Crippen LogP contribution in [0.4, 0.5) is 0 Å². The lowest BCUT2D eigenvalue weighted by atomic mass is 10.0. The largest absolute Gasteiger partial charge is 0.453 e. The smallest absolute Gasteiger partial charge is 0.167 e. The van der Waals surface area contributed by atoms with E-state index in [0.717, 1.165) is 102 Å². The van der Waals surface area contributed by atoms with Crippen molar-refractivity contribution in [1.82, 2.24) is 28.7 Å². The maximum absolute atomic E-state index is 7.15. The summed E-state index contributed by atoms with van der Waals surface area (Å²) in [6, 6.07) is 80.6. The van der Waals surface area contributed by atoms with Crippen molar-refractivity contribution in [3.8, 4) is 51.0 Å². The van der Waals surface area contributed by atoms with Gasteiger partial charge < -0.3 is 18.1 Å². The Morgan fingerprint density at radius 2 is 0.855 bits per heavy atom. The Labute approximate surface area is 436 Å². The number of allylic oxidation sites excluding steroid dienone is 4. The van der Waals surface area contributed by atoms with Crippen LogP contribution in [0.2, 0.25) is 0 Å². The summed E-state index contributed by atoms with van der Waals surface area (Å²) in [6.45, 7) is 0. The molecule has 0 aliphatic heterocycles. The second-order valence-corrected chi connectivity index (χ2v) is 19.8. The van der Waals surface area contributed by atoms with Crippen LogP contribution >= 0.6 is 0 Å². The molecule has 10 aromatic carbocycles. The van der Waals surface area contributed by atoms with E-state index >= 15 is 0 Å². The monoisotopic (exact) mass is 972 g/mol. The highest BCUT2D eigenvalue weighted by molar-refractivity contribution is 6.16. The quantitative estimate of drug-likeness (QED) is 0.160. The van der Waals surface area contributed by atoms with Gasteiger partial charge in [0, 0.05) is 60.0 Å². The van der Waals surface area contributed by atoms with Crippen LogP contribution in [-0.4, -0.2) is 28.7 Å². The summed E-state index contributed by atoms with van der Waals surface area (Å²) in [4.78, 5) is 15.3. The highest BCUT2D eigenvalue weighted by Crippen LogP contribution is 2.43. The molecule has 356 valence electrons. The van der Waals surface area contributed by atoms with Crippen LogP contribution in [0.15, 0.2) is 247 Å². The van der Waals surface area contributed by atoms with E-state index in [9.17, 15) is 0 Å². The van der Waals surface area contributed by atoms with Crippen LogP contribution in [0.25, 0.3) is 144 Å². The maximum atomic E-state index is 7.15. The molecule has 76 heavy (non-hydrogen) atoms. The average Bonchev–Trinajstić information content (AvgIpc) is 4.39. The lowest BCUT2D eigenvalue weighted by Gasteiger charge is -2.11. The predicted molar refractivity (Wildman–Crippen MR) is 313 cm³/mol. The summed E-state index contributed by atoms with van der Waals surface area (Å²) in [5.74, 6) is 1.91.